The molecule has 2 rings (SSSR count). The van der Waals surface area contributed by atoms with Gasteiger partial charge >= 0.3 is 0 Å². The molecular formula is C14H12ClN3O2S. The summed E-state index contributed by atoms with van der Waals surface area (Å²) in [6.45, 7) is 1.85. The van der Waals surface area contributed by atoms with Crippen molar-refractivity contribution in [2.24, 2.45) is 0 Å². The van der Waals surface area contributed by atoms with Crippen molar-refractivity contribution in [1.82, 2.24) is 0 Å². The van der Waals surface area contributed by atoms with E-state index < -0.39 is 10.0 Å². The summed E-state index contributed by atoms with van der Waals surface area (Å²) >= 11 is 5.92. The first kappa shape index (κ1) is 15.2. The Morgan fingerprint density at radius 3 is 2.52 bits per heavy atom. The molecule has 5 nitrogen and oxygen atoms in total. The zero-order valence-electron chi connectivity index (χ0n) is 11.1. The largest absolute Gasteiger partial charge is 0.397 e. The SMILES string of the molecule is Cc1ccc(NS(=O)(=O)c2ccc(C#N)cc2Cl)c(N)c1. The van der Waals surface area contributed by atoms with Crippen LogP contribution in [0.1, 0.15) is 11.1 Å². The fraction of sp³-hybridized carbons (Fsp3) is 0.0714. The number of hydrogen-bond acceptors (Lipinski definition) is 4. The van der Waals surface area contributed by atoms with Crippen molar-refractivity contribution in [2.75, 3.05) is 10.5 Å². The Morgan fingerprint density at radius 1 is 1.24 bits per heavy atom. The third-order valence-corrected chi connectivity index (χ3v) is 4.65. The van der Waals surface area contributed by atoms with Crippen LogP contribution in [0.2, 0.25) is 5.02 Å². The fourth-order valence-electron chi connectivity index (χ4n) is 1.76. The first-order valence-corrected chi connectivity index (χ1v) is 7.78. The summed E-state index contributed by atoms with van der Waals surface area (Å²) in [6, 6.07) is 10.9. The summed E-state index contributed by atoms with van der Waals surface area (Å²) in [5, 5.41) is 8.74. The van der Waals surface area contributed by atoms with Crippen LogP contribution in [0.15, 0.2) is 41.3 Å². The lowest BCUT2D eigenvalue weighted by Gasteiger charge is -2.12. The average Bonchev–Trinajstić information content (AvgIpc) is 2.41. The van der Waals surface area contributed by atoms with Gasteiger partial charge < -0.3 is 5.73 Å². The van der Waals surface area contributed by atoms with E-state index in [1.807, 2.05) is 13.0 Å². The summed E-state index contributed by atoms with van der Waals surface area (Å²) in [5.74, 6) is 0. The van der Waals surface area contributed by atoms with Gasteiger partial charge in [-0.15, -0.1) is 0 Å². The second-order valence-electron chi connectivity index (χ2n) is 4.45. The lowest BCUT2D eigenvalue weighted by atomic mass is 10.2. The molecule has 0 radical (unpaired) electrons. The molecule has 0 fully saturated rings. The molecule has 2 aromatic carbocycles. The van der Waals surface area contributed by atoms with Crippen molar-refractivity contribution >= 4 is 33.0 Å². The van der Waals surface area contributed by atoms with Crippen LogP contribution in [0.4, 0.5) is 11.4 Å². The molecule has 108 valence electrons. The van der Waals surface area contributed by atoms with Gasteiger partial charge in [0.25, 0.3) is 10.0 Å². The van der Waals surface area contributed by atoms with E-state index in [1.54, 1.807) is 18.2 Å². The number of nitrogens with zero attached hydrogens (tertiary/aromatic N) is 1. The summed E-state index contributed by atoms with van der Waals surface area (Å²) in [4.78, 5) is -0.108. The number of benzene rings is 2. The van der Waals surface area contributed by atoms with Crippen molar-refractivity contribution < 1.29 is 8.42 Å². The highest BCUT2D eigenvalue weighted by Gasteiger charge is 2.19. The Bertz CT molecular complexity index is 842. The van der Waals surface area contributed by atoms with Gasteiger partial charge in [0.05, 0.1) is 28.0 Å². The number of nitrogens with one attached hydrogen (secondary N) is 1. The van der Waals surface area contributed by atoms with Crippen LogP contribution in [-0.2, 0) is 10.0 Å². The molecule has 3 N–H and O–H groups in total. The first-order chi connectivity index (χ1) is 9.83. The molecule has 0 aliphatic heterocycles. The smallest absolute Gasteiger partial charge is 0.263 e. The summed E-state index contributed by atoms with van der Waals surface area (Å²) in [5.41, 5.74) is 7.60. The average molecular weight is 322 g/mol. The normalized spacial score (nSPS) is 10.9. The van der Waals surface area contributed by atoms with Gasteiger partial charge in [-0.1, -0.05) is 17.7 Å². The highest BCUT2D eigenvalue weighted by Crippen LogP contribution is 2.27. The molecule has 0 aliphatic rings. The fourth-order valence-corrected chi connectivity index (χ4v) is 3.40. The van der Waals surface area contributed by atoms with Crippen molar-refractivity contribution in [3.63, 3.8) is 0 Å². The second kappa shape index (κ2) is 5.64. The Morgan fingerprint density at radius 2 is 1.95 bits per heavy atom. The van der Waals surface area contributed by atoms with E-state index >= 15 is 0 Å². The Hall–Kier alpha value is -2.23. The molecule has 0 spiro atoms. The van der Waals surface area contributed by atoms with Crippen LogP contribution in [0, 0.1) is 18.3 Å². The van der Waals surface area contributed by atoms with Crippen molar-refractivity contribution in [3.05, 3.63) is 52.5 Å². The molecule has 0 unspecified atom stereocenters. The lowest BCUT2D eigenvalue weighted by Crippen LogP contribution is -2.14. The van der Waals surface area contributed by atoms with E-state index in [9.17, 15) is 8.42 Å². The molecule has 0 aromatic heterocycles. The van der Waals surface area contributed by atoms with Crippen molar-refractivity contribution in [1.29, 1.82) is 5.26 Å². The van der Waals surface area contributed by atoms with Gasteiger partial charge in [0.1, 0.15) is 4.90 Å². The molecular weight excluding hydrogens is 310 g/mol. The van der Waals surface area contributed by atoms with Gasteiger partial charge in [-0.05, 0) is 42.8 Å². The molecule has 0 saturated carbocycles. The Labute approximate surface area is 128 Å². The van der Waals surface area contributed by atoms with Gasteiger partial charge in [-0.25, -0.2) is 8.42 Å². The molecule has 0 atom stereocenters. The third kappa shape index (κ3) is 3.27. The van der Waals surface area contributed by atoms with Crippen LogP contribution < -0.4 is 10.5 Å². The molecule has 0 heterocycles. The molecule has 7 heteroatoms. The van der Waals surface area contributed by atoms with Gasteiger partial charge in [-0.3, -0.25) is 4.72 Å². The minimum absolute atomic E-state index is 0.0211. The van der Waals surface area contributed by atoms with E-state index in [0.29, 0.717) is 5.69 Å². The van der Waals surface area contributed by atoms with Gasteiger partial charge in [-0.2, -0.15) is 5.26 Å². The lowest BCUT2D eigenvalue weighted by molar-refractivity contribution is 0.601. The summed E-state index contributed by atoms with van der Waals surface area (Å²) < 4.78 is 27.0. The quantitative estimate of drug-likeness (QED) is 0.849. The number of rotatable bonds is 3. The van der Waals surface area contributed by atoms with Gasteiger partial charge in [0, 0.05) is 0 Å². The second-order valence-corrected chi connectivity index (χ2v) is 6.51. The van der Waals surface area contributed by atoms with Crippen LogP contribution in [0.25, 0.3) is 0 Å². The molecule has 0 amide bonds. The molecule has 2 aromatic rings. The highest BCUT2D eigenvalue weighted by atomic mass is 35.5. The third-order valence-electron chi connectivity index (χ3n) is 2.80. The Kier molecular flexibility index (Phi) is 4.07. The van der Waals surface area contributed by atoms with Gasteiger partial charge in [0.15, 0.2) is 0 Å². The van der Waals surface area contributed by atoms with Crippen molar-refractivity contribution in [2.45, 2.75) is 11.8 Å². The predicted octanol–water partition coefficient (Wildman–Crippen LogP) is 2.90. The van der Waals surface area contributed by atoms with E-state index in [4.69, 9.17) is 22.6 Å². The zero-order chi connectivity index (χ0) is 15.6. The predicted molar refractivity (Wildman–Crippen MR) is 82.6 cm³/mol. The van der Waals surface area contributed by atoms with E-state index in [1.165, 1.54) is 18.2 Å². The van der Waals surface area contributed by atoms with E-state index in [-0.39, 0.29) is 21.2 Å². The maximum absolute atomic E-state index is 12.3. The minimum Gasteiger partial charge on any atom is -0.397 e. The standard InChI is InChI=1S/C14H12ClN3O2S/c1-9-2-4-13(12(17)6-9)18-21(19,20)14-5-3-10(8-16)7-11(14)15/h2-7,18H,17H2,1H3. The summed E-state index contributed by atoms with van der Waals surface area (Å²) in [6.07, 6.45) is 0. The molecule has 0 saturated heterocycles. The number of nitrogens with two attached hydrogens (primary N) is 1. The molecule has 0 bridgehead atoms. The number of sulfonamides is 1. The first-order valence-electron chi connectivity index (χ1n) is 5.92. The summed E-state index contributed by atoms with van der Waals surface area (Å²) in [7, 11) is -3.88. The maximum Gasteiger partial charge on any atom is 0.263 e. The number of aryl methyl sites for hydroxylation is 1. The van der Waals surface area contributed by atoms with Crippen LogP contribution >= 0.6 is 11.6 Å². The number of nitriles is 1. The van der Waals surface area contributed by atoms with Gasteiger partial charge in [0.2, 0.25) is 0 Å². The van der Waals surface area contributed by atoms with Crippen LogP contribution in [0.3, 0.4) is 0 Å². The topological polar surface area (TPSA) is 96.0 Å². The van der Waals surface area contributed by atoms with Crippen molar-refractivity contribution in [3.8, 4) is 6.07 Å². The number of halogens is 1. The molecule has 21 heavy (non-hydrogen) atoms. The van der Waals surface area contributed by atoms with E-state index in [2.05, 4.69) is 4.72 Å². The minimum atomic E-state index is -3.88. The molecule has 0 aliphatic carbocycles. The van der Waals surface area contributed by atoms with Crippen LogP contribution in [-0.4, -0.2) is 8.42 Å². The van der Waals surface area contributed by atoms with Crippen LogP contribution in [0.5, 0.6) is 0 Å². The Balaban J connectivity index is 2.41. The monoisotopic (exact) mass is 321 g/mol. The zero-order valence-corrected chi connectivity index (χ0v) is 12.7. The number of anilines is 2. The maximum atomic E-state index is 12.3. The highest BCUT2D eigenvalue weighted by molar-refractivity contribution is 7.92. The number of hydrogen-bond donors (Lipinski definition) is 2. The number of nitrogen functional groups attached to an aromatic ring is 1. The van der Waals surface area contributed by atoms with E-state index in [0.717, 1.165) is 5.56 Å².